The Bertz CT molecular complexity index is 743. The number of rotatable bonds is 5. The molecule has 0 fully saturated rings. The van der Waals surface area contributed by atoms with Crippen molar-refractivity contribution in [2.45, 2.75) is 32.5 Å². The number of aliphatic imine (C=N–C) groups is 1. The molecular weight excluding hydrogens is 320 g/mol. The van der Waals surface area contributed by atoms with Gasteiger partial charge >= 0.3 is 0 Å². The Hall–Kier alpha value is -2.70. The molecule has 1 aromatic heterocycles. The van der Waals surface area contributed by atoms with E-state index in [2.05, 4.69) is 34.5 Å². The lowest BCUT2D eigenvalue weighted by atomic mass is 10.1. The number of nitrogens with zero attached hydrogens (tertiary/aromatic N) is 3. The largest absolute Gasteiger partial charge is 0.496 e. The molecule has 0 saturated carbocycles. The minimum absolute atomic E-state index is 0.212. The number of fused-ring (bicyclic) bond motifs is 1. The lowest BCUT2D eigenvalue weighted by Gasteiger charge is -2.21. The molecule has 1 aliphatic rings. The monoisotopic (exact) mass is 344 g/mol. The third kappa shape index (κ3) is 3.87. The average molecular weight is 344 g/mol. The number of methoxy groups -OCH3 is 1. The van der Waals surface area contributed by atoms with Crippen LogP contribution in [0.2, 0.25) is 0 Å². The maximum Gasteiger partial charge on any atom is 0.194 e. The molecule has 1 aromatic carbocycles. The van der Waals surface area contributed by atoms with Crippen LogP contribution >= 0.6 is 0 Å². The molecule has 1 unspecified atom stereocenters. The standard InChI is InChI=1S/C18H24N4O3/c1-12-7-13-8-16(23-4)14(9-17(13)25-12)10-20-18(19-2)22(3)11-15-5-6-24-21-15/h5-6,8-9,12H,7,10-11H2,1-4H3,(H,19,20). The number of ether oxygens (including phenoxy) is 2. The fraction of sp³-hybridized carbons (Fsp3) is 0.444. The average Bonchev–Trinajstić information content (AvgIpc) is 3.22. The van der Waals surface area contributed by atoms with Crippen LogP contribution in [0.15, 0.2) is 34.0 Å². The normalized spacial score (nSPS) is 16.3. The van der Waals surface area contributed by atoms with Gasteiger partial charge in [-0.15, -0.1) is 0 Å². The second-order valence-electron chi connectivity index (χ2n) is 6.15. The summed E-state index contributed by atoms with van der Waals surface area (Å²) in [5.41, 5.74) is 3.08. The number of hydrogen-bond acceptors (Lipinski definition) is 5. The Morgan fingerprint density at radius 3 is 3.00 bits per heavy atom. The summed E-state index contributed by atoms with van der Waals surface area (Å²) < 4.78 is 16.3. The lowest BCUT2D eigenvalue weighted by Crippen LogP contribution is -2.38. The Kier molecular flexibility index (Phi) is 5.11. The molecular formula is C18H24N4O3. The predicted octanol–water partition coefficient (Wildman–Crippen LogP) is 2.21. The number of hydrogen-bond donors (Lipinski definition) is 1. The van der Waals surface area contributed by atoms with Crippen molar-refractivity contribution < 1.29 is 14.0 Å². The highest BCUT2D eigenvalue weighted by atomic mass is 16.5. The Morgan fingerprint density at radius 2 is 2.32 bits per heavy atom. The van der Waals surface area contributed by atoms with Gasteiger partial charge in [0.15, 0.2) is 5.96 Å². The van der Waals surface area contributed by atoms with E-state index in [9.17, 15) is 0 Å². The Balaban J connectivity index is 1.68. The van der Waals surface area contributed by atoms with Gasteiger partial charge in [-0.25, -0.2) is 0 Å². The minimum atomic E-state index is 0.212. The van der Waals surface area contributed by atoms with Crippen molar-refractivity contribution >= 4 is 5.96 Å². The van der Waals surface area contributed by atoms with Gasteiger partial charge in [0, 0.05) is 44.3 Å². The van der Waals surface area contributed by atoms with Crippen molar-refractivity contribution in [1.29, 1.82) is 0 Å². The van der Waals surface area contributed by atoms with E-state index in [4.69, 9.17) is 14.0 Å². The summed E-state index contributed by atoms with van der Waals surface area (Å²) in [6.45, 7) is 3.27. The first-order valence-electron chi connectivity index (χ1n) is 8.28. The molecule has 1 aliphatic heterocycles. The third-order valence-electron chi connectivity index (χ3n) is 4.20. The molecule has 7 nitrogen and oxygen atoms in total. The first kappa shape index (κ1) is 17.1. The van der Waals surface area contributed by atoms with E-state index in [-0.39, 0.29) is 6.10 Å². The van der Waals surface area contributed by atoms with Crippen molar-refractivity contribution in [2.24, 2.45) is 4.99 Å². The Morgan fingerprint density at radius 1 is 1.48 bits per heavy atom. The van der Waals surface area contributed by atoms with Crippen LogP contribution in [0.4, 0.5) is 0 Å². The van der Waals surface area contributed by atoms with Crippen molar-refractivity contribution in [2.75, 3.05) is 21.2 Å². The first-order chi connectivity index (χ1) is 12.1. The van der Waals surface area contributed by atoms with E-state index in [0.29, 0.717) is 13.1 Å². The van der Waals surface area contributed by atoms with Gasteiger partial charge in [0.1, 0.15) is 29.6 Å². The molecule has 134 valence electrons. The highest BCUT2D eigenvalue weighted by Gasteiger charge is 2.22. The quantitative estimate of drug-likeness (QED) is 0.662. The van der Waals surface area contributed by atoms with Gasteiger partial charge < -0.3 is 24.2 Å². The van der Waals surface area contributed by atoms with Gasteiger partial charge in [0.2, 0.25) is 0 Å². The van der Waals surface area contributed by atoms with E-state index in [1.807, 2.05) is 18.0 Å². The van der Waals surface area contributed by atoms with Crippen LogP contribution in [0.25, 0.3) is 0 Å². The summed E-state index contributed by atoms with van der Waals surface area (Å²) in [7, 11) is 5.40. The topological polar surface area (TPSA) is 72.1 Å². The molecule has 25 heavy (non-hydrogen) atoms. The van der Waals surface area contributed by atoms with Gasteiger partial charge in [-0.1, -0.05) is 5.16 Å². The van der Waals surface area contributed by atoms with Crippen LogP contribution < -0.4 is 14.8 Å². The van der Waals surface area contributed by atoms with Crippen molar-refractivity contribution in [3.63, 3.8) is 0 Å². The van der Waals surface area contributed by atoms with E-state index in [1.165, 1.54) is 5.56 Å². The zero-order valence-corrected chi connectivity index (χ0v) is 15.1. The highest BCUT2D eigenvalue weighted by molar-refractivity contribution is 5.79. The summed E-state index contributed by atoms with van der Waals surface area (Å²) in [5.74, 6) is 2.56. The summed E-state index contributed by atoms with van der Waals surface area (Å²) in [5, 5.41) is 7.29. The molecule has 7 heteroatoms. The van der Waals surface area contributed by atoms with Gasteiger partial charge in [-0.2, -0.15) is 0 Å². The molecule has 1 N–H and O–H groups in total. The van der Waals surface area contributed by atoms with Gasteiger partial charge in [-0.05, 0) is 19.1 Å². The fourth-order valence-electron chi connectivity index (χ4n) is 3.01. The van der Waals surface area contributed by atoms with Gasteiger partial charge in [0.05, 0.1) is 13.7 Å². The molecule has 3 rings (SSSR count). The molecule has 0 amide bonds. The van der Waals surface area contributed by atoms with Gasteiger partial charge in [-0.3, -0.25) is 4.99 Å². The lowest BCUT2D eigenvalue weighted by molar-refractivity contribution is 0.254. The molecule has 0 radical (unpaired) electrons. The Labute approximate surface area is 147 Å². The van der Waals surface area contributed by atoms with Crippen molar-refractivity contribution in [3.8, 4) is 11.5 Å². The van der Waals surface area contributed by atoms with E-state index < -0.39 is 0 Å². The second-order valence-corrected chi connectivity index (χ2v) is 6.15. The summed E-state index contributed by atoms with van der Waals surface area (Å²) in [4.78, 5) is 6.31. The molecule has 0 spiro atoms. The smallest absolute Gasteiger partial charge is 0.194 e. The van der Waals surface area contributed by atoms with E-state index >= 15 is 0 Å². The summed E-state index contributed by atoms with van der Waals surface area (Å²) in [6.07, 6.45) is 2.70. The fourth-order valence-corrected chi connectivity index (χ4v) is 3.01. The van der Waals surface area contributed by atoms with Crippen LogP contribution in [0.3, 0.4) is 0 Å². The zero-order valence-electron chi connectivity index (χ0n) is 15.1. The number of benzene rings is 1. The van der Waals surface area contributed by atoms with Crippen molar-refractivity contribution in [3.05, 3.63) is 41.3 Å². The zero-order chi connectivity index (χ0) is 17.8. The number of nitrogens with one attached hydrogen (secondary N) is 1. The van der Waals surface area contributed by atoms with Crippen LogP contribution in [-0.2, 0) is 19.5 Å². The van der Waals surface area contributed by atoms with Crippen LogP contribution in [-0.4, -0.2) is 43.3 Å². The predicted molar refractivity (Wildman–Crippen MR) is 95.0 cm³/mol. The van der Waals surface area contributed by atoms with Crippen LogP contribution in [0.5, 0.6) is 11.5 Å². The third-order valence-corrected chi connectivity index (χ3v) is 4.20. The number of aromatic nitrogens is 1. The second kappa shape index (κ2) is 7.46. The van der Waals surface area contributed by atoms with E-state index in [1.54, 1.807) is 20.4 Å². The van der Waals surface area contributed by atoms with Crippen molar-refractivity contribution in [1.82, 2.24) is 15.4 Å². The van der Waals surface area contributed by atoms with Crippen LogP contribution in [0, 0.1) is 0 Å². The minimum Gasteiger partial charge on any atom is -0.496 e. The van der Waals surface area contributed by atoms with Crippen LogP contribution in [0.1, 0.15) is 23.7 Å². The molecule has 0 aliphatic carbocycles. The molecule has 0 saturated heterocycles. The maximum absolute atomic E-state index is 5.85. The van der Waals surface area contributed by atoms with Gasteiger partial charge in [0.25, 0.3) is 0 Å². The molecule has 0 bridgehead atoms. The summed E-state index contributed by atoms with van der Waals surface area (Å²) >= 11 is 0. The first-order valence-corrected chi connectivity index (χ1v) is 8.28. The molecule has 1 atom stereocenters. The SMILES string of the molecule is CN=C(NCc1cc2c(cc1OC)CC(C)O2)N(C)Cc1ccon1. The highest BCUT2D eigenvalue weighted by Crippen LogP contribution is 2.34. The molecule has 2 heterocycles. The molecule has 2 aromatic rings. The summed E-state index contributed by atoms with van der Waals surface area (Å²) in [6, 6.07) is 5.96. The number of guanidine groups is 1. The maximum atomic E-state index is 5.85. The van der Waals surface area contributed by atoms with E-state index in [0.717, 1.165) is 35.1 Å².